The van der Waals surface area contributed by atoms with E-state index in [4.69, 9.17) is 11.6 Å². The highest BCUT2D eigenvalue weighted by Crippen LogP contribution is 2.57. The van der Waals surface area contributed by atoms with Gasteiger partial charge in [0.25, 0.3) is 0 Å². The van der Waals surface area contributed by atoms with E-state index in [0.29, 0.717) is 28.2 Å². The van der Waals surface area contributed by atoms with Gasteiger partial charge in [-0.05, 0) is 55.2 Å². The Morgan fingerprint density at radius 3 is 2.60 bits per heavy atom. The van der Waals surface area contributed by atoms with E-state index in [9.17, 15) is 14.7 Å². The summed E-state index contributed by atoms with van der Waals surface area (Å²) in [6, 6.07) is 4.79. The fraction of sp³-hybridized carbons (Fsp3) is 0.333. The van der Waals surface area contributed by atoms with Crippen LogP contribution < -0.4 is 0 Å². The molecule has 3 atom stereocenters. The van der Waals surface area contributed by atoms with Gasteiger partial charge >= 0.3 is 0 Å². The molecule has 1 N–H and O–H groups in total. The van der Waals surface area contributed by atoms with Gasteiger partial charge < -0.3 is 5.11 Å². The summed E-state index contributed by atoms with van der Waals surface area (Å²) < 4.78 is 0. The number of allylic oxidation sites excluding steroid dienone is 5. The molecule has 0 unspecified atom stereocenters. The second kappa shape index (κ2) is 5.99. The summed E-state index contributed by atoms with van der Waals surface area (Å²) in [6.07, 6.45) is 4.14. The lowest BCUT2D eigenvalue weighted by Gasteiger charge is -2.48. The number of carbonyl (C=O) groups is 2. The Morgan fingerprint density at radius 2 is 1.96 bits per heavy atom. The number of rotatable bonds is 2. The highest BCUT2D eigenvalue weighted by atomic mass is 35.5. The van der Waals surface area contributed by atoms with Crippen molar-refractivity contribution in [2.75, 3.05) is 0 Å². The molecule has 0 saturated heterocycles. The highest BCUT2D eigenvalue weighted by Gasteiger charge is 2.56. The summed E-state index contributed by atoms with van der Waals surface area (Å²) in [7, 11) is 0. The van der Waals surface area contributed by atoms with Crippen LogP contribution in [-0.2, 0) is 9.59 Å². The monoisotopic (exact) mass is 356 g/mol. The molecule has 0 spiro atoms. The molecular weight excluding hydrogens is 336 g/mol. The van der Waals surface area contributed by atoms with Gasteiger partial charge in [0.1, 0.15) is 5.75 Å². The Kier molecular flexibility index (Phi) is 4.24. The van der Waals surface area contributed by atoms with Gasteiger partial charge in [-0.3, -0.25) is 9.59 Å². The predicted octanol–water partition coefficient (Wildman–Crippen LogP) is 4.76. The van der Waals surface area contributed by atoms with E-state index < -0.39 is 17.3 Å². The van der Waals surface area contributed by atoms with Gasteiger partial charge in [0.05, 0.1) is 5.41 Å². The number of benzene rings is 1. The summed E-state index contributed by atoms with van der Waals surface area (Å²) in [6.45, 7) is 9.12. The molecule has 0 amide bonds. The number of hydrogen-bond acceptors (Lipinski definition) is 3. The van der Waals surface area contributed by atoms with E-state index in [1.807, 2.05) is 13.0 Å². The third kappa shape index (κ3) is 2.41. The third-order valence-electron chi connectivity index (χ3n) is 5.86. The molecule has 0 aromatic heterocycles. The minimum absolute atomic E-state index is 0.00507. The fourth-order valence-corrected chi connectivity index (χ4v) is 4.49. The summed E-state index contributed by atoms with van der Waals surface area (Å²) in [4.78, 5) is 26.2. The largest absolute Gasteiger partial charge is 0.508 e. The van der Waals surface area contributed by atoms with Crippen LogP contribution in [0.4, 0.5) is 0 Å². The Bertz CT molecular complexity index is 862. The van der Waals surface area contributed by atoms with Crippen molar-refractivity contribution in [3.8, 4) is 5.75 Å². The van der Waals surface area contributed by atoms with Crippen molar-refractivity contribution in [3.05, 3.63) is 64.2 Å². The van der Waals surface area contributed by atoms with Crippen LogP contribution in [-0.4, -0.2) is 16.7 Å². The lowest BCUT2D eigenvalue weighted by molar-refractivity contribution is -0.138. The minimum Gasteiger partial charge on any atom is -0.508 e. The van der Waals surface area contributed by atoms with Crippen molar-refractivity contribution >= 4 is 23.2 Å². The van der Waals surface area contributed by atoms with Crippen LogP contribution in [0.15, 0.2) is 53.6 Å². The number of fused-ring (bicyclic) bond motifs is 1. The molecule has 0 heterocycles. The van der Waals surface area contributed by atoms with E-state index in [2.05, 4.69) is 6.58 Å². The van der Waals surface area contributed by atoms with Crippen LogP contribution in [0, 0.1) is 11.3 Å². The molecule has 1 aromatic carbocycles. The Balaban J connectivity index is 2.31. The van der Waals surface area contributed by atoms with Crippen molar-refractivity contribution in [1.29, 1.82) is 0 Å². The van der Waals surface area contributed by atoms with Crippen LogP contribution in [0.5, 0.6) is 5.75 Å². The number of phenols is 1. The molecule has 0 fully saturated rings. The van der Waals surface area contributed by atoms with Crippen molar-refractivity contribution in [2.45, 2.75) is 33.1 Å². The van der Waals surface area contributed by atoms with Gasteiger partial charge in [0.2, 0.25) is 0 Å². The molecular formula is C21H21ClO3. The number of ketones is 2. The zero-order valence-electron chi connectivity index (χ0n) is 14.6. The molecule has 3 rings (SSSR count). The van der Waals surface area contributed by atoms with Crippen LogP contribution >= 0.6 is 11.6 Å². The van der Waals surface area contributed by atoms with Crippen molar-refractivity contribution in [2.24, 2.45) is 11.3 Å². The zero-order valence-corrected chi connectivity index (χ0v) is 15.4. The van der Waals surface area contributed by atoms with E-state index in [0.717, 1.165) is 5.57 Å². The van der Waals surface area contributed by atoms with Crippen LogP contribution in [0.25, 0.3) is 0 Å². The van der Waals surface area contributed by atoms with Gasteiger partial charge in [-0.2, -0.15) is 0 Å². The first-order chi connectivity index (χ1) is 11.7. The first-order valence-electron chi connectivity index (χ1n) is 8.30. The molecule has 2 aliphatic rings. The highest BCUT2D eigenvalue weighted by molar-refractivity contribution is 6.30. The second-order valence-electron chi connectivity index (χ2n) is 7.06. The van der Waals surface area contributed by atoms with Crippen LogP contribution in [0.3, 0.4) is 0 Å². The fourth-order valence-electron chi connectivity index (χ4n) is 4.31. The van der Waals surface area contributed by atoms with Crippen molar-refractivity contribution in [1.82, 2.24) is 0 Å². The van der Waals surface area contributed by atoms with E-state index >= 15 is 0 Å². The van der Waals surface area contributed by atoms with Crippen molar-refractivity contribution < 1.29 is 14.7 Å². The number of halogens is 1. The molecule has 2 aliphatic carbocycles. The number of hydrogen-bond donors (Lipinski definition) is 1. The predicted molar refractivity (Wildman–Crippen MR) is 98.7 cm³/mol. The first-order valence-corrected chi connectivity index (χ1v) is 8.68. The Labute approximate surface area is 152 Å². The van der Waals surface area contributed by atoms with E-state index in [-0.39, 0.29) is 17.3 Å². The molecule has 25 heavy (non-hydrogen) atoms. The number of Topliss-reactive ketones (excluding diaryl/α,β-unsaturated/α-hetero) is 2. The quantitative estimate of drug-likeness (QED) is 0.831. The van der Waals surface area contributed by atoms with E-state index in [1.165, 1.54) is 6.07 Å². The lowest BCUT2D eigenvalue weighted by Crippen LogP contribution is -2.50. The van der Waals surface area contributed by atoms with Gasteiger partial charge in [0, 0.05) is 22.4 Å². The summed E-state index contributed by atoms with van der Waals surface area (Å²) in [5.41, 5.74) is 1.46. The maximum atomic E-state index is 13.3. The topological polar surface area (TPSA) is 54.4 Å². The zero-order chi connectivity index (χ0) is 18.5. The molecule has 0 radical (unpaired) electrons. The SMILES string of the molecule is C=CC1=CC[C@H]2C(=O)C(C)=C(C)C(=O)[C@@]2(C)[C@H]1c1cc(Cl)ccc1O. The molecule has 1 aromatic rings. The summed E-state index contributed by atoms with van der Waals surface area (Å²) in [5, 5.41) is 10.9. The molecule has 0 saturated carbocycles. The summed E-state index contributed by atoms with van der Waals surface area (Å²) in [5.74, 6) is -0.900. The second-order valence-corrected chi connectivity index (χ2v) is 7.50. The van der Waals surface area contributed by atoms with E-state index in [1.54, 1.807) is 32.1 Å². The summed E-state index contributed by atoms with van der Waals surface area (Å²) >= 11 is 6.15. The lowest BCUT2D eigenvalue weighted by atomic mass is 9.52. The number of phenolic OH excluding ortho intramolecular Hbond substituents is 1. The first kappa shape index (κ1) is 17.7. The number of carbonyl (C=O) groups excluding carboxylic acids is 2. The standard InChI is InChI=1S/C21H21ClO3/c1-5-13-6-8-16-19(24)11(2)12(3)20(25)21(16,4)18(13)15-10-14(22)7-9-17(15)23/h5-7,9-10,16,18,23H,1,8H2,2-4H3/t16-,18+,21+/m0/s1. The third-order valence-corrected chi connectivity index (χ3v) is 6.10. The molecule has 130 valence electrons. The van der Waals surface area contributed by atoms with Gasteiger partial charge in [-0.15, -0.1) is 0 Å². The van der Waals surface area contributed by atoms with Gasteiger partial charge in [-0.25, -0.2) is 0 Å². The van der Waals surface area contributed by atoms with Crippen molar-refractivity contribution in [3.63, 3.8) is 0 Å². The van der Waals surface area contributed by atoms with Crippen LogP contribution in [0.1, 0.15) is 38.7 Å². The van der Waals surface area contributed by atoms with Gasteiger partial charge in [-0.1, -0.05) is 37.3 Å². The maximum Gasteiger partial charge on any atom is 0.166 e. The maximum absolute atomic E-state index is 13.3. The smallest absolute Gasteiger partial charge is 0.166 e. The normalized spacial score (nSPS) is 29.4. The minimum atomic E-state index is -0.971. The Morgan fingerprint density at radius 1 is 1.28 bits per heavy atom. The molecule has 0 bridgehead atoms. The van der Waals surface area contributed by atoms with Gasteiger partial charge in [0.15, 0.2) is 11.6 Å². The molecule has 3 nitrogen and oxygen atoms in total. The molecule has 0 aliphatic heterocycles. The van der Waals surface area contributed by atoms with Crippen LogP contribution in [0.2, 0.25) is 5.02 Å². The average molecular weight is 357 g/mol. The average Bonchev–Trinajstić information content (AvgIpc) is 2.60. The molecule has 4 heteroatoms. The number of aromatic hydroxyl groups is 1. The Hall–Kier alpha value is -2.13.